The highest BCUT2D eigenvalue weighted by molar-refractivity contribution is 5.96. The number of aliphatic hydroxyl groups is 1. The molecule has 9 heteroatoms. The number of aromatic nitrogens is 4. The molecular weight excluding hydrogens is 377 g/mol. The van der Waals surface area contributed by atoms with Crippen molar-refractivity contribution in [1.29, 1.82) is 0 Å². The van der Waals surface area contributed by atoms with Crippen LogP contribution in [-0.2, 0) is 4.74 Å². The van der Waals surface area contributed by atoms with Crippen LogP contribution in [-0.4, -0.2) is 37.3 Å². The lowest BCUT2D eigenvalue weighted by atomic mass is 10.0. The molecule has 0 saturated carbocycles. The van der Waals surface area contributed by atoms with Crippen molar-refractivity contribution in [2.45, 2.75) is 32.8 Å². The van der Waals surface area contributed by atoms with E-state index < -0.39 is 23.4 Å². The van der Waals surface area contributed by atoms with Gasteiger partial charge in [-0.1, -0.05) is 12.1 Å². The molecule has 0 spiro atoms. The molecular formula is C20H20FN5O3. The number of ether oxygens (including phenoxy) is 1. The molecule has 0 radical (unpaired) electrons. The van der Waals surface area contributed by atoms with E-state index in [0.717, 1.165) is 0 Å². The zero-order valence-electron chi connectivity index (χ0n) is 16.1. The fraction of sp³-hybridized carbons (Fsp3) is 0.250. The Labute approximate surface area is 164 Å². The standard InChI is InChI=1S/C20H20FN5O3/c1-20(2,3)29-19(28)24-18-22-13-8-7-10(9-14(13)23-18)16-15-11(17(27)26-25-16)5-4-6-12(15)21/h4-9,19,28H,1-3H3,(H,26,27)(H2,22,23,24). The molecule has 2 aromatic carbocycles. The number of aliphatic hydroxyl groups excluding tert-OH is 1. The number of aromatic amines is 2. The molecule has 0 amide bonds. The van der Waals surface area contributed by atoms with Crippen molar-refractivity contribution in [1.82, 2.24) is 20.2 Å². The van der Waals surface area contributed by atoms with Crippen LogP contribution in [0.5, 0.6) is 0 Å². The second kappa shape index (κ2) is 6.94. The van der Waals surface area contributed by atoms with Gasteiger partial charge in [-0.25, -0.2) is 14.5 Å². The van der Waals surface area contributed by atoms with Gasteiger partial charge in [0.2, 0.25) is 12.4 Å². The number of nitrogens with zero attached hydrogens (tertiary/aromatic N) is 2. The molecule has 1 unspecified atom stereocenters. The summed E-state index contributed by atoms with van der Waals surface area (Å²) in [5.74, 6) is -0.206. The van der Waals surface area contributed by atoms with Gasteiger partial charge in [0.25, 0.3) is 5.56 Å². The Hall–Kier alpha value is -3.30. The van der Waals surface area contributed by atoms with E-state index >= 15 is 0 Å². The number of nitrogens with one attached hydrogen (secondary N) is 3. The molecule has 0 aliphatic rings. The smallest absolute Gasteiger partial charge is 0.272 e. The van der Waals surface area contributed by atoms with Gasteiger partial charge in [-0.3, -0.25) is 4.79 Å². The second-order valence-corrected chi connectivity index (χ2v) is 7.61. The van der Waals surface area contributed by atoms with Crippen molar-refractivity contribution in [2.24, 2.45) is 0 Å². The SMILES string of the molecule is CC(C)(C)OC(O)Nc1nc2cc(-c3n[nH]c(=O)c4cccc(F)c34)ccc2[nH]1. The Bertz CT molecular complexity index is 1260. The minimum Gasteiger partial charge on any atom is -0.351 e. The van der Waals surface area contributed by atoms with E-state index in [9.17, 15) is 14.3 Å². The summed E-state index contributed by atoms with van der Waals surface area (Å²) in [6, 6.07) is 9.56. The normalized spacial score (nSPS) is 13.1. The molecule has 4 N–H and O–H groups in total. The molecule has 4 rings (SSSR count). The molecule has 0 bridgehead atoms. The predicted octanol–water partition coefficient (Wildman–Crippen LogP) is 3.11. The molecule has 29 heavy (non-hydrogen) atoms. The van der Waals surface area contributed by atoms with Gasteiger partial charge in [-0.05, 0) is 45.0 Å². The number of hydrogen-bond acceptors (Lipinski definition) is 6. The summed E-state index contributed by atoms with van der Waals surface area (Å²) in [5.41, 5.74) is 1.19. The Balaban J connectivity index is 1.73. The summed E-state index contributed by atoms with van der Waals surface area (Å²) in [7, 11) is 0. The minimum absolute atomic E-state index is 0.151. The lowest BCUT2D eigenvalue weighted by Gasteiger charge is -2.23. The van der Waals surface area contributed by atoms with E-state index in [1.54, 1.807) is 24.3 Å². The van der Waals surface area contributed by atoms with E-state index in [0.29, 0.717) is 28.2 Å². The van der Waals surface area contributed by atoms with Crippen molar-refractivity contribution in [3.05, 3.63) is 52.6 Å². The maximum atomic E-state index is 14.4. The van der Waals surface area contributed by atoms with Gasteiger partial charge < -0.3 is 20.1 Å². The van der Waals surface area contributed by atoms with Gasteiger partial charge in [0.15, 0.2) is 0 Å². The number of benzene rings is 2. The van der Waals surface area contributed by atoms with Crippen molar-refractivity contribution < 1.29 is 14.2 Å². The third kappa shape index (κ3) is 3.82. The van der Waals surface area contributed by atoms with Crippen LogP contribution in [0, 0.1) is 5.82 Å². The van der Waals surface area contributed by atoms with Crippen molar-refractivity contribution >= 4 is 27.8 Å². The molecule has 2 aromatic heterocycles. The predicted molar refractivity (Wildman–Crippen MR) is 108 cm³/mol. The molecule has 150 valence electrons. The van der Waals surface area contributed by atoms with E-state index in [-0.39, 0.29) is 10.8 Å². The monoisotopic (exact) mass is 397 g/mol. The first-order chi connectivity index (χ1) is 13.7. The van der Waals surface area contributed by atoms with Gasteiger partial charge >= 0.3 is 0 Å². The summed E-state index contributed by atoms with van der Waals surface area (Å²) < 4.78 is 19.8. The number of rotatable bonds is 4. The Morgan fingerprint density at radius 1 is 1.24 bits per heavy atom. The largest absolute Gasteiger partial charge is 0.351 e. The molecule has 0 saturated heterocycles. The van der Waals surface area contributed by atoms with E-state index in [1.807, 2.05) is 20.8 Å². The molecule has 0 aliphatic carbocycles. The zero-order chi connectivity index (χ0) is 20.8. The fourth-order valence-corrected chi connectivity index (χ4v) is 3.09. The summed E-state index contributed by atoms with van der Waals surface area (Å²) >= 11 is 0. The maximum Gasteiger partial charge on any atom is 0.272 e. The number of hydrogen-bond donors (Lipinski definition) is 4. The minimum atomic E-state index is -1.24. The Morgan fingerprint density at radius 3 is 2.79 bits per heavy atom. The molecule has 2 heterocycles. The third-order valence-corrected chi connectivity index (χ3v) is 4.25. The van der Waals surface area contributed by atoms with E-state index in [2.05, 4.69) is 25.5 Å². The molecule has 8 nitrogen and oxygen atoms in total. The van der Waals surface area contributed by atoms with Gasteiger partial charge in [-0.15, -0.1) is 0 Å². The average molecular weight is 397 g/mol. The van der Waals surface area contributed by atoms with Gasteiger partial charge in [-0.2, -0.15) is 5.10 Å². The van der Waals surface area contributed by atoms with Crippen LogP contribution >= 0.6 is 0 Å². The van der Waals surface area contributed by atoms with Crippen LogP contribution in [0.25, 0.3) is 33.1 Å². The zero-order valence-corrected chi connectivity index (χ0v) is 16.1. The molecule has 1 atom stereocenters. The summed E-state index contributed by atoms with van der Waals surface area (Å²) in [6.07, 6.45) is -1.24. The van der Waals surface area contributed by atoms with Crippen LogP contribution in [0.1, 0.15) is 20.8 Å². The van der Waals surface area contributed by atoms with Crippen molar-refractivity contribution in [3.63, 3.8) is 0 Å². The Morgan fingerprint density at radius 2 is 2.03 bits per heavy atom. The second-order valence-electron chi connectivity index (χ2n) is 7.61. The molecule has 0 fully saturated rings. The first-order valence-electron chi connectivity index (χ1n) is 9.01. The lowest BCUT2D eigenvalue weighted by Crippen LogP contribution is -2.32. The van der Waals surface area contributed by atoms with Crippen LogP contribution < -0.4 is 10.9 Å². The first-order valence-corrected chi connectivity index (χ1v) is 9.01. The van der Waals surface area contributed by atoms with Crippen molar-refractivity contribution in [2.75, 3.05) is 5.32 Å². The van der Waals surface area contributed by atoms with E-state index in [1.165, 1.54) is 12.1 Å². The summed E-state index contributed by atoms with van der Waals surface area (Å²) in [6.45, 7) is 5.47. The topological polar surface area (TPSA) is 116 Å². The average Bonchev–Trinajstić information content (AvgIpc) is 3.02. The van der Waals surface area contributed by atoms with Crippen molar-refractivity contribution in [3.8, 4) is 11.3 Å². The Kier molecular flexibility index (Phi) is 4.56. The number of anilines is 1. The van der Waals surface area contributed by atoms with Gasteiger partial charge in [0, 0.05) is 5.56 Å². The highest BCUT2D eigenvalue weighted by atomic mass is 19.1. The third-order valence-electron chi connectivity index (χ3n) is 4.25. The number of fused-ring (bicyclic) bond motifs is 2. The summed E-state index contributed by atoms with van der Waals surface area (Å²) in [4.78, 5) is 19.4. The first kappa shape index (κ1) is 19.0. The van der Waals surface area contributed by atoms with Crippen LogP contribution in [0.15, 0.2) is 41.2 Å². The molecule has 0 aliphatic heterocycles. The fourth-order valence-electron chi connectivity index (χ4n) is 3.09. The maximum absolute atomic E-state index is 14.4. The van der Waals surface area contributed by atoms with Crippen LogP contribution in [0.2, 0.25) is 0 Å². The summed E-state index contributed by atoms with van der Waals surface area (Å²) in [5, 5.41) is 19.6. The highest BCUT2D eigenvalue weighted by Gasteiger charge is 2.18. The number of halogens is 1. The molecule has 4 aromatic rings. The van der Waals surface area contributed by atoms with Crippen LogP contribution in [0.3, 0.4) is 0 Å². The van der Waals surface area contributed by atoms with Gasteiger partial charge in [0.1, 0.15) is 11.5 Å². The highest BCUT2D eigenvalue weighted by Crippen LogP contribution is 2.29. The van der Waals surface area contributed by atoms with Crippen LogP contribution in [0.4, 0.5) is 10.3 Å². The lowest BCUT2D eigenvalue weighted by molar-refractivity contribution is -0.149. The number of H-pyrrole nitrogens is 2. The van der Waals surface area contributed by atoms with Gasteiger partial charge in [0.05, 0.1) is 27.4 Å². The van der Waals surface area contributed by atoms with E-state index in [4.69, 9.17) is 4.74 Å². The number of imidazole rings is 1. The quantitative estimate of drug-likeness (QED) is 0.393.